The van der Waals surface area contributed by atoms with E-state index in [9.17, 15) is 9.59 Å². The van der Waals surface area contributed by atoms with Crippen LogP contribution in [-0.2, 0) is 9.53 Å². The largest absolute Gasteiger partial charge is 0.478 e. The molecule has 1 aromatic rings. The van der Waals surface area contributed by atoms with Crippen LogP contribution in [0.15, 0.2) is 18.2 Å². The number of hydrogen-bond acceptors (Lipinski definition) is 4. The number of hydrogen-bond donors (Lipinski definition) is 3. The molecule has 1 fully saturated rings. The van der Waals surface area contributed by atoms with Crippen LogP contribution in [-0.4, -0.2) is 36.2 Å². The highest BCUT2D eigenvalue weighted by Gasteiger charge is 2.37. The Hall–Kier alpha value is -2.08. The van der Waals surface area contributed by atoms with Gasteiger partial charge in [0.1, 0.15) is 0 Å². The highest BCUT2D eigenvalue weighted by molar-refractivity contribution is 6.04. The summed E-state index contributed by atoms with van der Waals surface area (Å²) >= 11 is 0. The molecular weight excluding hydrogens is 236 g/mol. The second kappa shape index (κ2) is 3.99. The number of para-hydroxylation sites is 1. The minimum absolute atomic E-state index is 0.133. The van der Waals surface area contributed by atoms with E-state index in [1.54, 1.807) is 12.1 Å². The molecule has 0 saturated carbocycles. The Bertz CT molecular complexity index is 529. The molecule has 6 heteroatoms. The average molecular weight is 248 g/mol. The number of carboxylic acids is 1. The quantitative estimate of drug-likeness (QED) is 0.683. The van der Waals surface area contributed by atoms with Crippen LogP contribution >= 0.6 is 0 Å². The third-order valence-corrected chi connectivity index (χ3v) is 3.30. The lowest BCUT2D eigenvalue weighted by molar-refractivity contribution is -0.119. The molecule has 2 atom stereocenters. The Kier molecular flexibility index (Phi) is 2.45. The fourth-order valence-electron chi connectivity index (χ4n) is 2.36. The van der Waals surface area contributed by atoms with Gasteiger partial charge in [0.15, 0.2) is 0 Å². The van der Waals surface area contributed by atoms with Crippen molar-refractivity contribution < 1.29 is 19.4 Å². The van der Waals surface area contributed by atoms with Gasteiger partial charge >= 0.3 is 5.97 Å². The van der Waals surface area contributed by atoms with Gasteiger partial charge in [-0.2, -0.15) is 0 Å². The third kappa shape index (κ3) is 1.62. The molecule has 3 N–H and O–H groups in total. The normalized spacial score (nSPS) is 25.4. The molecule has 0 spiro atoms. The molecule has 6 nitrogen and oxygen atoms in total. The Labute approximate surface area is 103 Å². The van der Waals surface area contributed by atoms with Gasteiger partial charge < -0.3 is 20.5 Å². The highest BCUT2D eigenvalue weighted by Crippen LogP contribution is 2.33. The first-order valence-corrected chi connectivity index (χ1v) is 5.68. The molecule has 0 radical (unpaired) electrons. The lowest BCUT2D eigenvalue weighted by Gasteiger charge is -2.16. The second-order valence-corrected chi connectivity index (χ2v) is 4.42. The van der Waals surface area contributed by atoms with E-state index in [4.69, 9.17) is 9.84 Å². The lowest BCUT2D eigenvalue weighted by Crippen LogP contribution is -2.33. The zero-order valence-corrected chi connectivity index (χ0v) is 9.47. The predicted octanol–water partition coefficient (Wildman–Crippen LogP) is 0.764. The maximum atomic E-state index is 12.0. The smallest absolute Gasteiger partial charge is 0.337 e. The summed E-state index contributed by atoms with van der Waals surface area (Å²) in [6.07, 6.45) is 0. The first kappa shape index (κ1) is 11.0. The molecule has 0 aliphatic carbocycles. The molecule has 2 aliphatic rings. The molecule has 2 heterocycles. The van der Waals surface area contributed by atoms with Gasteiger partial charge in [-0.1, -0.05) is 6.07 Å². The van der Waals surface area contributed by atoms with E-state index in [0.717, 1.165) is 0 Å². The monoisotopic (exact) mass is 248 g/mol. The summed E-state index contributed by atoms with van der Waals surface area (Å²) in [5.41, 5.74) is 1.12. The molecule has 94 valence electrons. The predicted molar refractivity (Wildman–Crippen MR) is 63.8 cm³/mol. The summed E-state index contributed by atoms with van der Waals surface area (Å²) < 4.78 is 5.26. The maximum Gasteiger partial charge on any atom is 0.337 e. The van der Waals surface area contributed by atoms with Crippen molar-refractivity contribution in [3.63, 3.8) is 0 Å². The summed E-state index contributed by atoms with van der Waals surface area (Å²) in [4.78, 5) is 23.1. The second-order valence-electron chi connectivity index (χ2n) is 4.42. The Morgan fingerprint density at radius 2 is 2.22 bits per heavy atom. The fourth-order valence-corrected chi connectivity index (χ4v) is 2.36. The number of anilines is 2. The van der Waals surface area contributed by atoms with Crippen molar-refractivity contribution in [3.8, 4) is 0 Å². The lowest BCUT2D eigenvalue weighted by atomic mass is 10.0. The summed E-state index contributed by atoms with van der Waals surface area (Å²) in [6, 6.07) is 4.64. The summed E-state index contributed by atoms with van der Waals surface area (Å²) in [7, 11) is 0. The Morgan fingerprint density at radius 1 is 1.39 bits per heavy atom. The fraction of sp³-hybridized carbons (Fsp3) is 0.333. The molecule has 18 heavy (non-hydrogen) atoms. The SMILES string of the molecule is O=C(O)c1cccc2c1NC1COCC1C(=O)N2. The van der Waals surface area contributed by atoms with E-state index in [0.29, 0.717) is 24.6 Å². The molecular formula is C12H12N2O4. The number of carbonyl (C=O) groups excluding carboxylic acids is 1. The first-order valence-electron chi connectivity index (χ1n) is 5.68. The number of carbonyl (C=O) groups is 2. The molecule has 0 aromatic heterocycles. The third-order valence-electron chi connectivity index (χ3n) is 3.30. The first-order chi connectivity index (χ1) is 8.66. The topological polar surface area (TPSA) is 87.7 Å². The average Bonchev–Trinajstić information content (AvgIpc) is 2.74. The van der Waals surface area contributed by atoms with Crippen LogP contribution in [0.2, 0.25) is 0 Å². The number of aromatic carboxylic acids is 1. The van der Waals surface area contributed by atoms with Gasteiger partial charge in [-0.15, -0.1) is 0 Å². The van der Waals surface area contributed by atoms with E-state index >= 15 is 0 Å². The van der Waals surface area contributed by atoms with Crippen molar-refractivity contribution in [3.05, 3.63) is 23.8 Å². The van der Waals surface area contributed by atoms with Crippen LogP contribution in [0.5, 0.6) is 0 Å². The zero-order chi connectivity index (χ0) is 12.7. The van der Waals surface area contributed by atoms with Gasteiger partial charge in [0, 0.05) is 0 Å². The van der Waals surface area contributed by atoms with Crippen molar-refractivity contribution in [2.24, 2.45) is 5.92 Å². The summed E-state index contributed by atoms with van der Waals surface area (Å²) in [5.74, 6) is -1.43. The zero-order valence-electron chi connectivity index (χ0n) is 9.47. The van der Waals surface area contributed by atoms with E-state index < -0.39 is 5.97 Å². The standard InChI is InChI=1S/C12H12N2O4/c15-11-7-4-18-5-9(7)13-10-6(12(16)17)2-1-3-8(10)14-11/h1-3,7,9,13H,4-5H2,(H,14,15)(H,16,17). The van der Waals surface area contributed by atoms with Gasteiger partial charge in [-0.25, -0.2) is 4.79 Å². The molecule has 3 rings (SSSR count). The number of amides is 1. The highest BCUT2D eigenvalue weighted by atomic mass is 16.5. The summed E-state index contributed by atoms with van der Waals surface area (Å²) in [6.45, 7) is 0.769. The van der Waals surface area contributed by atoms with Crippen molar-refractivity contribution >= 4 is 23.3 Å². The minimum atomic E-state index is -1.02. The number of fused-ring (bicyclic) bond motifs is 2. The van der Waals surface area contributed by atoms with Crippen LogP contribution in [0.25, 0.3) is 0 Å². The van der Waals surface area contributed by atoms with Crippen LogP contribution in [0.1, 0.15) is 10.4 Å². The van der Waals surface area contributed by atoms with E-state index in [1.165, 1.54) is 6.07 Å². The molecule has 2 aliphatic heterocycles. The maximum absolute atomic E-state index is 12.0. The van der Waals surface area contributed by atoms with Crippen molar-refractivity contribution in [1.29, 1.82) is 0 Å². The van der Waals surface area contributed by atoms with Crippen molar-refractivity contribution in [1.82, 2.24) is 0 Å². The number of benzene rings is 1. The Morgan fingerprint density at radius 3 is 3.00 bits per heavy atom. The van der Waals surface area contributed by atoms with Gasteiger partial charge in [-0.05, 0) is 12.1 Å². The van der Waals surface area contributed by atoms with E-state index in [2.05, 4.69) is 10.6 Å². The number of carboxylic acid groups (broad SMARTS) is 1. The van der Waals surface area contributed by atoms with E-state index in [1.807, 2.05) is 0 Å². The van der Waals surface area contributed by atoms with Crippen LogP contribution < -0.4 is 10.6 Å². The van der Waals surface area contributed by atoms with Gasteiger partial charge in [0.05, 0.1) is 42.1 Å². The van der Waals surface area contributed by atoms with Crippen LogP contribution in [0.4, 0.5) is 11.4 Å². The van der Waals surface area contributed by atoms with E-state index in [-0.39, 0.29) is 23.4 Å². The van der Waals surface area contributed by atoms with Crippen molar-refractivity contribution in [2.45, 2.75) is 6.04 Å². The molecule has 2 unspecified atom stereocenters. The number of nitrogens with one attached hydrogen (secondary N) is 2. The molecule has 1 amide bonds. The Balaban J connectivity index is 2.08. The number of ether oxygens (including phenoxy) is 1. The van der Waals surface area contributed by atoms with Gasteiger partial charge in [0.2, 0.25) is 5.91 Å². The van der Waals surface area contributed by atoms with Crippen molar-refractivity contribution in [2.75, 3.05) is 23.8 Å². The van der Waals surface area contributed by atoms with Crippen LogP contribution in [0.3, 0.4) is 0 Å². The van der Waals surface area contributed by atoms with Gasteiger partial charge in [-0.3, -0.25) is 4.79 Å². The van der Waals surface area contributed by atoms with Crippen LogP contribution in [0, 0.1) is 5.92 Å². The summed E-state index contributed by atoms with van der Waals surface area (Å²) in [5, 5.41) is 15.0. The molecule has 1 aromatic carbocycles. The minimum Gasteiger partial charge on any atom is -0.478 e. The molecule has 0 bridgehead atoms. The molecule has 1 saturated heterocycles. The van der Waals surface area contributed by atoms with Gasteiger partial charge in [0.25, 0.3) is 0 Å². The number of rotatable bonds is 1.